The first-order valence-corrected chi connectivity index (χ1v) is 9.96. The second-order valence-corrected chi connectivity index (χ2v) is 8.45. The summed E-state index contributed by atoms with van der Waals surface area (Å²) in [5.74, 6) is -1.60. The molecule has 0 aliphatic rings. The van der Waals surface area contributed by atoms with Crippen LogP contribution in [0.3, 0.4) is 0 Å². The number of rotatable bonds is 4. The summed E-state index contributed by atoms with van der Waals surface area (Å²) in [4.78, 5) is 31.6. The Balaban J connectivity index is 2.47. The summed E-state index contributed by atoms with van der Waals surface area (Å²) < 4.78 is 29.2. The predicted octanol–water partition coefficient (Wildman–Crippen LogP) is 5.20. The van der Waals surface area contributed by atoms with Gasteiger partial charge in [-0.25, -0.2) is 18.6 Å². The molecule has 1 amide bonds. The lowest BCUT2D eigenvalue weighted by Crippen LogP contribution is -2.48. The fourth-order valence-corrected chi connectivity index (χ4v) is 3.92. The maximum Gasteiger partial charge on any atom is 0.408 e. The van der Waals surface area contributed by atoms with Crippen LogP contribution in [-0.4, -0.2) is 31.2 Å². The topological polar surface area (TPSA) is 75.4 Å². The Labute approximate surface area is 178 Å². The smallest absolute Gasteiger partial charge is 0.408 e. The lowest BCUT2D eigenvalue weighted by Gasteiger charge is -2.39. The van der Waals surface area contributed by atoms with Crippen molar-refractivity contribution in [2.75, 3.05) is 0 Å². The number of hydrogen-bond acceptors (Lipinski definition) is 3. The molecule has 0 aliphatic carbocycles. The minimum atomic E-state index is -1.19. The number of amides is 1. The Hall–Kier alpha value is -3.29. The van der Waals surface area contributed by atoms with Gasteiger partial charge in [0.15, 0.2) is 0 Å². The third kappa shape index (κ3) is 4.15. The van der Waals surface area contributed by atoms with E-state index in [-0.39, 0.29) is 11.5 Å². The zero-order chi connectivity index (χ0) is 23.1. The first-order chi connectivity index (χ1) is 14.5. The molecule has 0 bridgehead atoms. The second kappa shape index (κ2) is 8.09. The van der Waals surface area contributed by atoms with Gasteiger partial charge in [0.05, 0.1) is 22.6 Å². The van der Waals surface area contributed by atoms with Crippen LogP contribution in [0.1, 0.15) is 51.5 Å². The van der Waals surface area contributed by atoms with Crippen molar-refractivity contribution < 1.29 is 18.7 Å². The molecule has 0 spiro atoms. The van der Waals surface area contributed by atoms with E-state index < -0.39 is 34.9 Å². The van der Waals surface area contributed by atoms with E-state index in [1.54, 1.807) is 52.8 Å². The number of halogens is 2. The largest absolute Gasteiger partial charge is 0.465 e. The van der Waals surface area contributed by atoms with E-state index >= 15 is 0 Å². The summed E-state index contributed by atoms with van der Waals surface area (Å²) in [6.07, 6.45) is -0.889. The van der Waals surface area contributed by atoms with Crippen LogP contribution in [0.4, 0.5) is 13.6 Å². The third-order valence-electron chi connectivity index (χ3n) is 5.16. The minimum Gasteiger partial charge on any atom is -0.465 e. The fourth-order valence-electron chi connectivity index (χ4n) is 3.92. The minimum absolute atomic E-state index is 0.0483. The molecule has 1 N–H and O–H groups in total. The molecular weight excluding hydrogens is 404 g/mol. The molecule has 1 aromatic heterocycles. The first kappa shape index (κ1) is 22.4. The average Bonchev–Trinajstić information content (AvgIpc) is 2.63. The highest BCUT2D eigenvalue weighted by Crippen LogP contribution is 2.32. The Morgan fingerprint density at radius 2 is 1.81 bits per heavy atom. The van der Waals surface area contributed by atoms with Crippen molar-refractivity contribution in [1.29, 1.82) is 0 Å². The van der Waals surface area contributed by atoms with E-state index in [0.717, 1.165) is 16.7 Å². The molecule has 0 unspecified atom stereocenters. The van der Waals surface area contributed by atoms with Gasteiger partial charge >= 0.3 is 6.09 Å². The zero-order valence-electron chi connectivity index (χ0n) is 18.1. The van der Waals surface area contributed by atoms with Crippen molar-refractivity contribution in [3.63, 3.8) is 0 Å². The summed E-state index contributed by atoms with van der Waals surface area (Å²) in [6.45, 7) is 8.73. The van der Waals surface area contributed by atoms with Crippen molar-refractivity contribution in [1.82, 2.24) is 14.5 Å². The lowest BCUT2D eigenvalue weighted by atomic mass is 10.0. The second-order valence-electron chi connectivity index (χ2n) is 8.45. The van der Waals surface area contributed by atoms with E-state index in [2.05, 4.69) is 4.98 Å². The van der Waals surface area contributed by atoms with E-state index in [1.807, 2.05) is 0 Å². The summed E-state index contributed by atoms with van der Waals surface area (Å²) >= 11 is 0. The maximum atomic E-state index is 14.0. The molecule has 164 valence electrons. The van der Waals surface area contributed by atoms with Crippen LogP contribution in [0.5, 0.6) is 0 Å². The van der Waals surface area contributed by atoms with Gasteiger partial charge in [-0.05, 0) is 57.9 Å². The number of nitrogens with zero attached hydrogens (tertiary/aromatic N) is 3. The van der Waals surface area contributed by atoms with Gasteiger partial charge in [-0.2, -0.15) is 0 Å². The molecule has 0 radical (unpaired) electrons. The van der Waals surface area contributed by atoms with E-state index in [4.69, 9.17) is 0 Å². The van der Waals surface area contributed by atoms with Gasteiger partial charge in [0.1, 0.15) is 17.5 Å². The molecule has 1 heterocycles. The van der Waals surface area contributed by atoms with Crippen molar-refractivity contribution in [3.8, 4) is 5.69 Å². The number of aromatic nitrogens is 2. The molecule has 8 heteroatoms. The van der Waals surface area contributed by atoms with Gasteiger partial charge in [-0.15, -0.1) is 0 Å². The van der Waals surface area contributed by atoms with E-state index in [1.165, 1.54) is 4.90 Å². The molecule has 3 rings (SSSR count). The zero-order valence-corrected chi connectivity index (χ0v) is 18.1. The number of aryl methyl sites for hydroxylation is 1. The maximum absolute atomic E-state index is 14.0. The highest BCUT2D eigenvalue weighted by Gasteiger charge is 2.36. The van der Waals surface area contributed by atoms with E-state index in [9.17, 15) is 23.5 Å². The first-order valence-electron chi connectivity index (χ1n) is 9.96. The monoisotopic (exact) mass is 429 g/mol. The van der Waals surface area contributed by atoms with Crippen LogP contribution in [0.25, 0.3) is 16.6 Å². The number of carboxylic acid groups (broad SMARTS) is 1. The Bertz CT molecular complexity index is 1190. The van der Waals surface area contributed by atoms with Crippen LogP contribution < -0.4 is 5.56 Å². The molecule has 1 atom stereocenters. The molecule has 6 nitrogen and oxygen atoms in total. The van der Waals surface area contributed by atoms with E-state index in [0.29, 0.717) is 29.0 Å². The quantitative estimate of drug-likeness (QED) is 0.618. The molecular formula is C23H25F2N3O3. The van der Waals surface area contributed by atoms with Crippen LogP contribution in [-0.2, 0) is 0 Å². The van der Waals surface area contributed by atoms with Crippen LogP contribution in [0.15, 0.2) is 41.2 Å². The molecule has 0 aliphatic heterocycles. The van der Waals surface area contributed by atoms with Gasteiger partial charge in [-0.1, -0.05) is 19.1 Å². The van der Waals surface area contributed by atoms with Crippen molar-refractivity contribution in [3.05, 3.63) is 69.8 Å². The highest BCUT2D eigenvalue weighted by molar-refractivity contribution is 5.81. The standard InChI is InChI=1S/C23H25F2N3O3/c1-6-18(28(22(30)31)23(3,4)5)20-26-17-9-7-8-13(2)19(17)21(29)27(20)16-11-14(24)10-15(25)12-16/h7-12,18H,6H2,1-5H3,(H,30,31)/t18-/m0/s1. The predicted molar refractivity (Wildman–Crippen MR) is 115 cm³/mol. The van der Waals surface area contributed by atoms with Gasteiger partial charge < -0.3 is 5.11 Å². The number of carbonyl (C=O) groups is 1. The van der Waals surface area contributed by atoms with Crippen molar-refractivity contribution >= 4 is 17.0 Å². The fraction of sp³-hybridized carbons (Fsp3) is 0.348. The van der Waals surface area contributed by atoms with Gasteiger partial charge in [0, 0.05) is 11.6 Å². The van der Waals surface area contributed by atoms with Crippen LogP contribution in [0, 0.1) is 18.6 Å². The van der Waals surface area contributed by atoms with Crippen molar-refractivity contribution in [2.45, 2.75) is 52.6 Å². The normalized spacial score (nSPS) is 12.7. The molecule has 3 aromatic rings. The molecule has 0 fully saturated rings. The van der Waals surface area contributed by atoms with Gasteiger partial charge in [0.25, 0.3) is 5.56 Å². The summed E-state index contributed by atoms with van der Waals surface area (Å²) in [6, 6.07) is 7.12. The number of hydrogen-bond donors (Lipinski definition) is 1. The summed E-state index contributed by atoms with van der Waals surface area (Å²) in [5.41, 5.74) is -0.324. The molecule has 2 aromatic carbocycles. The van der Waals surface area contributed by atoms with Crippen LogP contribution in [0.2, 0.25) is 0 Å². The number of fused-ring (bicyclic) bond motifs is 1. The summed E-state index contributed by atoms with van der Waals surface area (Å²) in [7, 11) is 0. The lowest BCUT2D eigenvalue weighted by molar-refractivity contribution is 0.0646. The third-order valence-corrected chi connectivity index (χ3v) is 5.16. The van der Waals surface area contributed by atoms with Gasteiger partial charge in [0.2, 0.25) is 0 Å². The summed E-state index contributed by atoms with van der Waals surface area (Å²) in [5, 5.41) is 10.2. The highest BCUT2D eigenvalue weighted by atomic mass is 19.1. The number of benzene rings is 2. The Morgan fingerprint density at radius 1 is 1.19 bits per heavy atom. The Kier molecular flexibility index (Phi) is 5.85. The Morgan fingerprint density at radius 3 is 2.32 bits per heavy atom. The van der Waals surface area contributed by atoms with Crippen LogP contribution >= 0.6 is 0 Å². The molecule has 0 saturated heterocycles. The van der Waals surface area contributed by atoms with Gasteiger partial charge in [-0.3, -0.25) is 14.3 Å². The SMILES string of the molecule is CC[C@@H](c1nc2cccc(C)c2c(=O)n1-c1cc(F)cc(F)c1)N(C(=O)O)C(C)(C)C. The molecule has 0 saturated carbocycles. The van der Waals surface area contributed by atoms with Crippen molar-refractivity contribution in [2.24, 2.45) is 0 Å². The average molecular weight is 429 g/mol. The molecule has 31 heavy (non-hydrogen) atoms.